The summed E-state index contributed by atoms with van der Waals surface area (Å²) in [7, 11) is 1.76. The van der Waals surface area contributed by atoms with Crippen molar-refractivity contribution in [1.82, 2.24) is 14.9 Å². The Balaban J connectivity index is 2.67. The first-order valence-electron chi connectivity index (χ1n) is 5.98. The fourth-order valence-corrected chi connectivity index (χ4v) is 1.49. The van der Waals surface area contributed by atoms with E-state index in [9.17, 15) is 9.59 Å². The minimum Gasteiger partial charge on any atom is -0.465 e. The number of amides is 1. The normalized spacial score (nSPS) is 10.1. The van der Waals surface area contributed by atoms with E-state index in [-0.39, 0.29) is 5.78 Å². The van der Waals surface area contributed by atoms with E-state index in [1.54, 1.807) is 24.9 Å². The smallest absolute Gasteiger partial charge is 0.407 e. The molecule has 0 aromatic carbocycles. The van der Waals surface area contributed by atoms with Crippen LogP contribution in [0.15, 0.2) is 12.3 Å². The van der Waals surface area contributed by atoms with Crippen molar-refractivity contribution in [2.75, 3.05) is 31.6 Å². The minimum absolute atomic E-state index is 0.127. The average molecular weight is 266 g/mol. The molecule has 1 heterocycles. The molecule has 1 aromatic heterocycles. The fourth-order valence-electron chi connectivity index (χ4n) is 1.49. The van der Waals surface area contributed by atoms with E-state index in [4.69, 9.17) is 5.11 Å². The van der Waals surface area contributed by atoms with Crippen molar-refractivity contribution in [3.8, 4) is 0 Å². The predicted octanol–water partition coefficient (Wildman–Crippen LogP) is 1.12. The van der Waals surface area contributed by atoms with Crippen LogP contribution in [0.5, 0.6) is 0 Å². The maximum atomic E-state index is 11.2. The van der Waals surface area contributed by atoms with Crippen molar-refractivity contribution in [2.45, 2.75) is 13.8 Å². The van der Waals surface area contributed by atoms with Gasteiger partial charge >= 0.3 is 6.09 Å². The first-order chi connectivity index (χ1) is 8.95. The van der Waals surface area contributed by atoms with E-state index in [2.05, 4.69) is 9.97 Å². The Morgan fingerprint density at radius 3 is 2.58 bits per heavy atom. The summed E-state index contributed by atoms with van der Waals surface area (Å²) >= 11 is 0. The van der Waals surface area contributed by atoms with Crippen LogP contribution in [0.1, 0.15) is 24.3 Å². The van der Waals surface area contributed by atoms with Crippen molar-refractivity contribution in [3.05, 3.63) is 18.0 Å². The SMILES string of the molecule is CCN(CCN(C)c1nccc(C(C)=O)n1)C(=O)O. The summed E-state index contributed by atoms with van der Waals surface area (Å²) in [6.07, 6.45) is 0.568. The molecule has 104 valence electrons. The zero-order valence-electron chi connectivity index (χ0n) is 11.3. The Bertz CT molecular complexity index is 464. The summed E-state index contributed by atoms with van der Waals surface area (Å²) in [5.74, 6) is 0.284. The van der Waals surface area contributed by atoms with Crippen LogP contribution in [0.3, 0.4) is 0 Å². The highest BCUT2D eigenvalue weighted by molar-refractivity contribution is 5.92. The average Bonchev–Trinajstić information content (AvgIpc) is 2.38. The van der Waals surface area contributed by atoms with E-state index < -0.39 is 6.09 Å². The van der Waals surface area contributed by atoms with Crippen molar-refractivity contribution in [1.29, 1.82) is 0 Å². The number of hydrogen-bond donors (Lipinski definition) is 1. The predicted molar refractivity (Wildman–Crippen MR) is 70.6 cm³/mol. The van der Waals surface area contributed by atoms with E-state index in [1.807, 2.05) is 0 Å². The Morgan fingerprint density at radius 1 is 1.37 bits per heavy atom. The Morgan fingerprint density at radius 2 is 2.05 bits per heavy atom. The molecule has 0 aliphatic heterocycles. The number of aromatic nitrogens is 2. The maximum Gasteiger partial charge on any atom is 0.407 e. The zero-order valence-corrected chi connectivity index (χ0v) is 11.3. The third kappa shape index (κ3) is 4.20. The zero-order chi connectivity index (χ0) is 14.4. The minimum atomic E-state index is -0.950. The number of nitrogens with zero attached hydrogens (tertiary/aromatic N) is 4. The molecular weight excluding hydrogens is 248 g/mol. The lowest BCUT2D eigenvalue weighted by atomic mass is 10.3. The first-order valence-corrected chi connectivity index (χ1v) is 5.98. The van der Waals surface area contributed by atoms with E-state index in [0.717, 1.165) is 0 Å². The van der Waals surface area contributed by atoms with Crippen LogP contribution < -0.4 is 4.90 Å². The van der Waals surface area contributed by atoms with E-state index in [0.29, 0.717) is 31.3 Å². The molecule has 0 aliphatic rings. The monoisotopic (exact) mass is 266 g/mol. The topological polar surface area (TPSA) is 86.6 Å². The molecule has 1 aromatic rings. The van der Waals surface area contributed by atoms with Gasteiger partial charge in [-0.05, 0) is 13.0 Å². The van der Waals surface area contributed by atoms with Crippen LogP contribution in [-0.2, 0) is 0 Å². The Hall–Kier alpha value is -2.18. The van der Waals surface area contributed by atoms with Gasteiger partial charge in [0, 0.05) is 39.8 Å². The van der Waals surface area contributed by atoms with Gasteiger partial charge in [-0.15, -0.1) is 0 Å². The molecule has 1 rings (SSSR count). The van der Waals surface area contributed by atoms with Crippen LogP contribution in [-0.4, -0.2) is 58.5 Å². The second-order valence-corrected chi connectivity index (χ2v) is 4.08. The standard InChI is InChI=1S/C12H18N4O3/c1-4-16(12(18)19)8-7-15(3)11-13-6-5-10(14-11)9(2)17/h5-6H,4,7-8H2,1-3H3,(H,18,19). The number of anilines is 1. The van der Waals surface area contributed by atoms with E-state index >= 15 is 0 Å². The number of carboxylic acid groups (broad SMARTS) is 1. The maximum absolute atomic E-state index is 11.2. The van der Waals surface area contributed by atoms with E-state index in [1.165, 1.54) is 18.0 Å². The van der Waals surface area contributed by atoms with Crippen LogP contribution in [0.25, 0.3) is 0 Å². The van der Waals surface area contributed by atoms with Crippen molar-refractivity contribution in [2.24, 2.45) is 0 Å². The van der Waals surface area contributed by atoms with Crippen LogP contribution in [0, 0.1) is 0 Å². The van der Waals surface area contributed by atoms with Gasteiger partial charge in [0.25, 0.3) is 0 Å². The molecule has 0 atom stereocenters. The molecule has 0 saturated heterocycles. The number of Topliss-reactive ketones (excluding diaryl/α,β-unsaturated/α-hetero) is 1. The molecular formula is C12H18N4O3. The van der Waals surface area contributed by atoms with Crippen molar-refractivity contribution >= 4 is 17.8 Å². The highest BCUT2D eigenvalue weighted by Crippen LogP contribution is 2.06. The molecule has 1 amide bonds. The van der Waals surface area contributed by atoms with Gasteiger partial charge in [0.2, 0.25) is 5.95 Å². The summed E-state index contributed by atoms with van der Waals surface area (Å²) in [4.78, 5) is 33.3. The molecule has 7 nitrogen and oxygen atoms in total. The van der Waals surface area contributed by atoms with Crippen LogP contribution >= 0.6 is 0 Å². The third-order valence-electron chi connectivity index (χ3n) is 2.70. The summed E-state index contributed by atoms with van der Waals surface area (Å²) in [5.41, 5.74) is 0.349. The lowest BCUT2D eigenvalue weighted by Crippen LogP contribution is -2.37. The van der Waals surface area contributed by atoms with Gasteiger partial charge in [-0.3, -0.25) is 4.79 Å². The summed E-state index contributed by atoms with van der Waals surface area (Å²) in [6.45, 7) is 4.46. The molecule has 7 heteroatoms. The summed E-state index contributed by atoms with van der Waals surface area (Å²) in [5, 5.41) is 8.91. The molecule has 1 N–H and O–H groups in total. The fraction of sp³-hybridized carbons (Fsp3) is 0.500. The lowest BCUT2D eigenvalue weighted by Gasteiger charge is -2.22. The van der Waals surface area contributed by atoms with Gasteiger partial charge in [0.1, 0.15) is 5.69 Å². The molecule has 19 heavy (non-hydrogen) atoms. The molecule has 0 unspecified atom stereocenters. The molecule has 0 spiro atoms. The molecule has 0 fully saturated rings. The highest BCUT2D eigenvalue weighted by Gasteiger charge is 2.12. The Labute approximate surface area is 111 Å². The summed E-state index contributed by atoms with van der Waals surface area (Å²) in [6, 6.07) is 1.55. The largest absolute Gasteiger partial charge is 0.465 e. The van der Waals surface area contributed by atoms with Gasteiger partial charge in [-0.25, -0.2) is 14.8 Å². The molecule has 0 bridgehead atoms. The number of rotatable bonds is 6. The van der Waals surface area contributed by atoms with Gasteiger partial charge in [-0.1, -0.05) is 0 Å². The second kappa shape index (κ2) is 6.67. The first kappa shape index (κ1) is 14.9. The van der Waals surface area contributed by atoms with Gasteiger partial charge in [0.15, 0.2) is 5.78 Å². The molecule has 0 radical (unpaired) electrons. The van der Waals surface area contributed by atoms with Crippen molar-refractivity contribution in [3.63, 3.8) is 0 Å². The third-order valence-corrected chi connectivity index (χ3v) is 2.70. The number of ketones is 1. The second-order valence-electron chi connectivity index (χ2n) is 4.08. The number of likely N-dealkylation sites (N-methyl/N-ethyl adjacent to an activating group) is 2. The molecule has 0 aliphatic carbocycles. The van der Waals surface area contributed by atoms with Gasteiger partial charge in [0.05, 0.1) is 0 Å². The van der Waals surface area contributed by atoms with Gasteiger partial charge < -0.3 is 14.9 Å². The highest BCUT2D eigenvalue weighted by atomic mass is 16.4. The van der Waals surface area contributed by atoms with Crippen molar-refractivity contribution < 1.29 is 14.7 Å². The number of carbonyl (C=O) groups excluding carboxylic acids is 1. The summed E-state index contributed by atoms with van der Waals surface area (Å²) < 4.78 is 0. The molecule has 0 saturated carbocycles. The van der Waals surface area contributed by atoms with Crippen LogP contribution in [0.2, 0.25) is 0 Å². The quantitative estimate of drug-likeness (QED) is 0.776. The van der Waals surface area contributed by atoms with Gasteiger partial charge in [-0.2, -0.15) is 0 Å². The Kier molecular flexibility index (Phi) is 5.23. The van der Waals surface area contributed by atoms with Crippen LogP contribution in [0.4, 0.5) is 10.7 Å². The lowest BCUT2D eigenvalue weighted by molar-refractivity contribution is 0.101. The number of hydrogen-bond acceptors (Lipinski definition) is 5. The number of carbonyl (C=O) groups is 2.